The molecule has 6 nitrogen and oxygen atoms in total. The van der Waals surface area contributed by atoms with Gasteiger partial charge in [0.25, 0.3) is 5.91 Å². The highest BCUT2D eigenvalue weighted by molar-refractivity contribution is 5.94. The number of benzene rings is 2. The van der Waals surface area contributed by atoms with Gasteiger partial charge in [-0.2, -0.15) is 0 Å². The van der Waals surface area contributed by atoms with Crippen LogP contribution in [0.5, 0.6) is 11.5 Å². The molecule has 0 aliphatic carbocycles. The van der Waals surface area contributed by atoms with Gasteiger partial charge in [0.2, 0.25) is 5.91 Å². The molecular weight excluding hydrogens is 440 g/mol. The first-order valence-electron chi connectivity index (χ1n) is 12.7. The number of likely N-dealkylation sites (tertiary alicyclic amines) is 1. The van der Waals surface area contributed by atoms with Gasteiger partial charge >= 0.3 is 0 Å². The second-order valence-electron chi connectivity index (χ2n) is 8.87. The molecule has 0 N–H and O–H groups in total. The van der Waals surface area contributed by atoms with Crippen molar-refractivity contribution in [2.24, 2.45) is 0 Å². The predicted octanol–water partition coefficient (Wildman–Crippen LogP) is 5.43. The first kappa shape index (κ1) is 26.3. The van der Waals surface area contributed by atoms with Crippen molar-refractivity contribution in [3.63, 3.8) is 0 Å². The van der Waals surface area contributed by atoms with Gasteiger partial charge in [-0.05, 0) is 61.6 Å². The molecule has 1 aliphatic rings. The van der Waals surface area contributed by atoms with Gasteiger partial charge in [0.15, 0.2) is 11.5 Å². The highest BCUT2D eigenvalue weighted by atomic mass is 16.5. The van der Waals surface area contributed by atoms with Gasteiger partial charge < -0.3 is 19.3 Å². The summed E-state index contributed by atoms with van der Waals surface area (Å²) in [5, 5.41) is 0. The first-order valence-corrected chi connectivity index (χ1v) is 12.7. The van der Waals surface area contributed by atoms with Crippen LogP contribution in [0.4, 0.5) is 0 Å². The lowest BCUT2D eigenvalue weighted by atomic mass is 10.0. The molecule has 0 spiro atoms. The molecule has 1 heterocycles. The average Bonchev–Trinajstić information content (AvgIpc) is 2.91. The molecule has 0 unspecified atom stereocenters. The van der Waals surface area contributed by atoms with Crippen LogP contribution in [-0.4, -0.2) is 61.0 Å². The maximum atomic E-state index is 13.1. The molecule has 1 saturated heterocycles. The fourth-order valence-electron chi connectivity index (χ4n) is 4.35. The number of unbranched alkanes of at least 4 members (excludes halogenated alkanes) is 1. The highest BCUT2D eigenvalue weighted by Crippen LogP contribution is 2.29. The molecule has 0 atom stereocenters. The Morgan fingerprint density at radius 2 is 1.77 bits per heavy atom. The topological polar surface area (TPSA) is 59.1 Å². The summed E-state index contributed by atoms with van der Waals surface area (Å²) in [6.07, 6.45) is 8.00. The Hall–Kier alpha value is -3.28. The van der Waals surface area contributed by atoms with E-state index >= 15 is 0 Å². The number of methoxy groups -OCH3 is 1. The van der Waals surface area contributed by atoms with E-state index in [0.717, 1.165) is 37.7 Å². The van der Waals surface area contributed by atoms with Crippen LogP contribution < -0.4 is 9.47 Å². The lowest BCUT2D eigenvalue weighted by Crippen LogP contribution is -2.48. The third-order valence-corrected chi connectivity index (χ3v) is 6.32. The summed E-state index contributed by atoms with van der Waals surface area (Å²) < 4.78 is 11.3. The number of hydrogen-bond acceptors (Lipinski definition) is 4. The quantitative estimate of drug-likeness (QED) is 0.319. The van der Waals surface area contributed by atoms with Crippen molar-refractivity contribution in [2.75, 3.05) is 33.4 Å². The van der Waals surface area contributed by atoms with Crippen LogP contribution >= 0.6 is 0 Å². The van der Waals surface area contributed by atoms with Crippen molar-refractivity contribution in [1.82, 2.24) is 9.80 Å². The largest absolute Gasteiger partial charge is 0.493 e. The Morgan fingerprint density at radius 1 is 1.03 bits per heavy atom. The van der Waals surface area contributed by atoms with Gasteiger partial charge in [-0.3, -0.25) is 9.59 Å². The van der Waals surface area contributed by atoms with E-state index in [-0.39, 0.29) is 17.9 Å². The van der Waals surface area contributed by atoms with E-state index in [1.807, 2.05) is 64.4 Å². The van der Waals surface area contributed by atoms with Crippen LogP contribution in [0.25, 0.3) is 6.08 Å². The van der Waals surface area contributed by atoms with E-state index in [2.05, 4.69) is 13.8 Å². The number of amides is 2. The van der Waals surface area contributed by atoms with Crippen molar-refractivity contribution in [2.45, 2.75) is 52.0 Å². The molecule has 2 amide bonds. The van der Waals surface area contributed by atoms with Gasteiger partial charge in [0.05, 0.1) is 13.7 Å². The van der Waals surface area contributed by atoms with Gasteiger partial charge in [-0.25, -0.2) is 0 Å². The maximum Gasteiger partial charge on any atom is 0.253 e. The second-order valence-corrected chi connectivity index (χ2v) is 8.87. The van der Waals surface area contributed by atoms with Crippen LogP contribution in [0.2, 0.25) is 0 Å². The normalized spacial score (nSPS) is 14.2. The lowest BCUT2D eigenvalue weighted by molar-refractivity contribution is -0.129. The number of carbonyl (C=O) groups excluding carboxylic acids is 2. The molecule has 6 heteroatoms. The summed E-state index contributed by atoms with van der Waals surface area (Å²) in [6.45, 7) is 6.88. The molecule has 2 aromatic carbocycles. The first-order chi connectivity index (χ1) is 17.1. The Morgan fingerprint density at radius 3 is 2.43 bits per heavy atom. The van der Waals surface area contributed by atoms with E-state index in [1.54, 1.807) is 13.2 Å². The molecule has 0 saturated carbocycles. The molecule has 1 fully saturated rings. The molecule has 35 heavy (non-hydrogen) atoms. The van der Waals surface area contributed by atoms with Gasteiger partial charge in [0, 0.05) is 37.3 Å². The van der Waals surface area contributed by atoms with Gasteiger partial charge in [-0.15, -0.1) is 0 Å². The average molecular weight is 479 g/mol. The minimum atomic E-state index is 0.00178. The van der Waals surface area contributed by atoms with Crippen molar-refractivity contribution in [3.8, 4) is 11.5 Å². The van der Waals surface area contributed by atoms with Crippen molar-refractivity contribution in [3.05, 3.63) is 65.7 Å². The summed E-state index contributed by atoms with van der Waals surface area (Å²) in [5.74, 6) is 1.45. The third kappa shape index (κ3) is 7.35. The Labute approximate surface area is 209 Å². The SMILES string of the molecule is CCCCOc1ccc(/C=C/C(=O)N(CCC)C2CCN(C(=O)c3ccccc3)CC2)cc1OC. The highest BCUT2D eigenvalue weighted by Gasteiger charge is 2.28. The molecule has 0 radical (unpaired) electrons. The van der Waals surface area contributed by atoms with Crippen LogP contribution in [0.1, 0.15) is 61.9 Å². The van der Waals surface area contributed by atoms with E-state index in [0.29, 0.717) is 43.3 Å². The number of carbonyl (C=O) groups is 2. The Kier molecular flexibility index (Phi) is 10.2. The molecule has 0 aromatic heterocycles. The second kappa shape index (κ2) is 13.6. The molecule has 188 valence electrons. The standard InChI is InChI=1S/C29H38N2O4/c1-4-6-21-35-26-14-12-23(22-27(26)34-3)13-15-28(32)31(18-5-2)25-16-19-30(20-17-25)29(33)24-10-8-7-9-11-24/h7-15,22,25H,4-6,16-21H2,1-3H3/b15-13+. The molecule has 1 aliphatic heterocycles. The smallest absolute Gasteiger partial charge is 0.253 e. The molecular formula is C29H38N2O4. The molecule has 3 rings (SSSR count). The number of hydrogen-bond donors (Lipinski definition) is 0. The monoisotopic (exact) mass is 478 g/mol. The summed E-state index contributed by atoms with van der Waals surface area (Å²) in [4.78, 5) is 29.8. The Balaban J connectivity index is 1.61. The van der Waals surface area contributed by atoms with Gasteiger partial charge in [-0.1, -0.05) is 44.5 Å². The van der Waals surface area contributed by atoms with E-state index in [9.17, 15) is 9.59 Å². The maximum absolute atomic E-state index is 13.1. The van der Waals surface area contributed by atoms with Crippen LogP contribution in [0.15, 0.2) is 54.6 Å². The van der Waals surface area contributed by atoms with Crippen molar-refractivity contribution >= 4 is 17.9 Å². The van der Waals surface area contributed by atoms with E-state index in [4.69, 9.17) is 9.47 Å². The number of rotatable bonds is 11. The zero-order valence-electron chi connectivity index (χ0n) is 21.2. The predicted molar refractivity (Wildman–Crippen MR) is 140 cm³/mol. The zero-order valence-corrected chi connectivity index (χ0v) is 21.2. The number of nitrogens with zero attached hydrogens (tertiary/aromatic N) is 2. The van der Waals surface area contributed by atoms with Crippen LogP contribution in [0, 0.1) is 0 Å². The van der Waals surface area contributed by atoms with E-state index in [1.165, 1.54) is 0 Å². The number of piperidine rings is 1. The lowest BCUT2D eigenvalue weighted by Gasteiger charge is -2.38. The minimum Gasteiger partial charge on any atom is -0.493 e. The molecule has 2 aromatic rings. The Bertz CT molecular complexity index is 981. The third-order valence-electron chi connectivity index (χ3n) is 6.32. The van der Waals surface area contributed by atoms with Gasteiger partial charge in [0.1, 0.15) is 0 Å². The fourth-order valence-corrected chi connectivity index (χ4v) is 4.35. The minimum absolute atomic E-state index is 0.00178. The van der Waals surface area contributed by atoms with Crippen molar-refractivity contribution in [1.29, 1.82) is 0 Å². The van der Waals surface area contributed by atoms with E-state index < -0.39 is 0 Å². The fraction of sp³-hybridized carbons (Fsp3) is 0.448. The summed E-state index contributed by atoms with van der Waals surface area (Å²) in [7, 11) is 1.62. The number of ether oxygens (including phenoxy) is 2. The van der Waals surface area contributed by atoms with Crippen molar-refractivity contribution < 1.29 is 19.1 Å². The summed E-state index contributed by atoms with van der Waals surface area (Å²) in [6, 6.07) is 15.2. The van der Waals surface area contributed by atoms with Crippen LogP contribution in [0.3, 0.4) is 0 Å². The summed E-state index contributed by atoms with van der Waals surface area (Å²) in [5.41, 5.74) is 1.60. The van der Waals surface area contributed by atoms with Crippen LogP contribution in [-0.2, 0) is 4.79 Å². The molecule has 0 bridgehead atoms. The summed E-state index contributed by atoms with van der Waals surface area (Å²) >= 11 is 0. The zero-order chi connectivity index (χ0) is 25.0.